The topological polar surface area (TPSA) is 62.7 Å². The van der Waals surface area contributed by atoms with Crippen molar-refractivity contribution in [2.24, 2.45) is 0 Å². The molecular weight excluding hydrogens is 285 g/mol. The molecular formula is C12H13Cl2N5. The van der Waals surface area contributed by atoms with E-state index in [1.807, 2.05) is 0 Å². The zero-order valence-corrected chi connectivity index (χ0v) is 11.8. The van der Waals surface area contributed by atoms with Gasteiger partial charge in [-0.3, -0.25) is 0 Å². The van der Waals surface area contributed by atoms with Crippen LogP contribution in [0.15, 0.2) is 24.4 Å². The fourth-order valence-electron chi connectivity index (χ4n) is 1.45. The Bertz CT molecular complexity index is 541. The average molecular weight is 298 g/mol. The first-order chi connectivity index (χ1) is 9.17. The summed E-state index contributed by atoms with van der Waals surface area (Å²) in [5, 5.41) is 15.0. The highest BCUT2D eigenvalue weighted by Crippen LogP contribution is 2.24. The molecule has 1 aromatic heterocycles. The summed E-state index contributed by atoms with van der Waals surface area (Å²) in [6.45, 7) is 2.91. The summed E-state index contributed by atoms with van der Waals surface area (Å²) in [5.41, 5.74) is 0.715. The van der Waals surface area contributed by atoms with Crippen LogP contribution in [0.5, 0.6) is 0 Å². The van der Waals surface area contributed by atoms with Crippen molar-refractivity contribution < 1.29 is 0 Å². The number of aromatic nitrogens is 3. The van der Waals surface area contributed by atoms with Crippen molar-refractivity contribution in [3.63, 3.8) is 0 Å². The Morgan fingerprint density at radius 1 is 1.16 bits per heavy atom. The van der Waals surface area contributed by atoms with Crippen LogP contribution in [-0.4, -0.2) is 21.7 Å². The van der Waals surface area contributed by atoms with Gasteiger partial charge in [0.15, 0.2) is 5.82 Å². The number of hydrogen-bond acceptors (Lipinski definition) is 5. The summed E-state index contributed by atoms with van der Waals surface area (Å²) in [4.78, 5) is 4.28. The molecule has 0 aliphatic rings. The van der Waals surface area contributed by atoms with Gasteiger partial charge >= 0.3 is 0 Å². The molecule has 5 nitrogen and oxygen atoms in total. The molecule has 0 saturated carbocycles. The highest BCUT2D eigenvalue weighted by molar-refractivity contribution is 6.35. The molecule has 0 aliphatic heterocycles. The highest BCUT2D eigenvalue weighted by atomic mass is 35.5. The second-order valence-corrected chi connectivity index (χ2v) is 4.75. The van der Waals surface area contributed by atoms with E-state index in [1.54, 1.807) is 24.4 Å². The molecule has 0 spiro atoms. The zero-order valence-electron chi connectivity index (χ0n) is 10.3. The van der Waals surface area contributed by atoms with Crippen LogP contribution in [0.1, 0.15) is 13.3 Å². The van der Waals surface area contributed by atoms with E-state index >= 15 is 0 Å². The Labute approximate surface area is 121 Å². The van der Waals surface area contributed by atoms with Crippen molar-refractivity contribution in [1.29, 1.82) is 0 Å². The van der Waals surface area contributed by atoms with Gasteiger partial charge in [0.25, 0.3) is 0 Å². The fourth-order valence-corrected chi connectivity index (χ4v) is 1.98. The smallest absolute Gasteiger partial charge is 0.249 e. The first-order valence-corrected chi connectivity index (χ1v) is 6.59. The predicted octanol–water partition coefficient (Wildman–Crippen LogP) is 3.74. The summed E-state index contributed by atoms with van der Waals surface area (Å²) in [6.07, 6.45) is 2.59. The lowest BCUT2D eigenvalue weighted by Gasteiger charge is -2.07. The predicted molar refractivity (Wildman–Crippen MR) is 78.4 cm³/mol. The molecule has 2 aromatic rings. The minimum atomic E-state index is 0.388. The third-order valence-electron chi connectivity index (χ3n) is 2.23. The number of nitrogens with one attached hydrogen (secondary N) is 2. The molecule has 7 heteroatoms. The Morgan fingerprint density at radius 2 is 1.89 bits per heavy atom. The minimum Gasteiger partial charge on any atom is -0.369 e. The van der Waals surface area contributed by atoms with Crippen LogP contribution in [0.25, 0.3) is 0 Å². The van der Waals surface area contributed by atoms with Gasteiger partial charge in [-0.15, -0.1) is 5.10 Å². The van der Waals surface area contributed by atoms with E-state index in [1.165, 1.54) is 0 Å². The molecule has 0 bridgehead atoms. The summed E-state index contributed by atoms with van der Waals surface area (Å²) in [7, 11) is 0. The van der Waals surface area contributed by atoms with Crippen LogP contribution in [-0.2, 0) is 0 Å². The van der Waals surface area contributed by atoms with Crippen molar-refractivity contribution in [3.8, 4) is 0 Å². The van der Waals surface area contributed by atoms with Crippen molar-refractivity contribution in [2.45, 2.75) is 13.3 Å². The monoisotopic (exact) mass is 297 g/mol. The number of rotatable bonds is 5. The lowest BCUT2D eigenvalue weighted by atomic mass is 10.3. The van der Waals surface area contributed by atoms with Crippen molar-refractivity contribution >= 4 is 40.7 Å². The lowest BCUT2D eigenvalue weighted by molar-refractivity contribution is 0.935. The van der Waals surface area contributed by atoms with Crippen molar-refractivity contribution in [1.82, 2.24) is 15.2 Å². The zero-order chi connectivity index (χ0) is 13.7. The second-order valence-electron chi connectivity index (χ2n) is 3.88. The Morgan fingerprint density at radius 3 is 2.58 bits per heavy atom. The molecule has 0 saturated heterocycles. The van der Waals surface area contributed by atoms with Crippen molar-refractivity contribution in [2.75, 3.05) is 17.2 Å². The molecule has 1 heterocycles. The summed E-state index contributed by atoms with van der Waals surface area (Å²) >= 11 is 11.8. The molecule has 0 radical (unpaired) electrons. The van der Waals surface area contributed by atoms with Crippen LogP contribution in [0, 0.1) is 0 Å². The quantitative estimate of drug-likeness (QED) is 0.880. The molecule has 0 aliphatic carbocycles. The van der Waals surface area contributed by atoms with E-state index in [0.29, 0.717) is 27.5 Å². The van der Waals surface area contributed by atoms with Crippen LogP contribution in [0.3, 0.4) is 0 Å². The van der Waals surface area contributed by atoms with Gasteiger partial charge in [0.1, 0.15) is 0 Å². The number of benzene rings is 1. The third kappa shape index (κ3) is 4.22. The van der Waals surface area contributed by atoms with Crippen LogP contribution in [0.4, 0.5) is 17.5 Å². The Balaban J connectivity index is 2.13. The number of halogens is 2. The average Bonchev–Trinajstić information content (AvgIpc) is 2.35. The van der Waals surface area contributed by atoms with E-state index in [4.69, 9.17) is 23.2 Å². The lowest BCUT2D eigenvalue weighted by Crippen LogP contribution is -2.06. The van der Waals surface area contributed by atoms with E-state index in [-0.39, 0.29) is 0 Å². The van der Waals surface area contributed by atoms with E-state index in [9.17, 15) is 0 Å². The maximum Gasteiger partial charge on any atom is 0.249 e. The summed E-state index contributed by atoms with van der Waals surface area (Å²) < 4.78 is 0. The molecule has 0 unspecified atom stereocenters. The van der Waals surface area contributed by atoms with Gasteiger partial charge in [-0.05, 0) is 24.6 Å². The molecule has 0 amide bonds. The SMILES string of the molecule is CCCNc1cnnc(Nc2cc(Cl)cc(Cl)c2)n1. The largest absolute Gasteiger partial charge is 0.369 e. The molecule has 100 valence electrons. The van der Waals surface area contributed by atoms with Crippen LogP contribution in [0.2, 0.25) is 10.0 Å². The van der Waals surface area contributed by atoms with E-state index in [0.717, 1.165) is 13.0 Å². The first-order valence-electron chi connectivity index (χ1n) is 5.84. The molecule has 1 aromatic carbocycles. The van der Waals surface area contributed by atoms with Crippen LogP contribution >= 0.6 is 23.2 Å². The van der Waals surface area contributed by atoms with E-state index < -0.39 is 0 Å². The molecule has 2 rings (SSSR count). The number of nitrogens with zero attached hydrogens (tertiary/aromatic N) is 3. The van der Waals surface area contributed by atoms with Gasteiger partial charge in [0.2, 0.25) is 5.95 Å². The van der Waals surface area contributed by atoms with Gasteiger partial charge in [-0.1, -0.05) is 30.1 Å². The standard InChI is InChI=1S/C12H13Cl2N5/c1-2-3-15-11-7-16-19-12(18-11)17-10-5-8(13)4-9(14)6-10/h4-7H,2-3H2,1H3,(H2,15,17,18,19). The second kappa shape index (κ2) is 6.54. The summed E-state index contributed by atoms with van der Waals surface area (Å²) in [6, 6.07) is 5.14. The fraction of sp³-hybridized carbons (Fsp3) is 0.250. The van der Waals surface area contributed by atoms with Crippen LogP contribution < -0.4 is 10.6 Å². The van der Waals surface area contributed by atoms with E-state index in [2.05, 4.69) is 32.7 Å². The molecule has 19 heavy (non-hydrogen) atoms. The Kier molecular flexibility index (Phi) is 4.76. The summed E-state index contributed by atoms with van der Waals surface area (Å²) in [5.74, 6) is 1.06. The van der Waals surface area contributed by atoms with Gasteiger partial charge in [-0.25, -0.2) is 0 Å². The molecule has 0 atom stereocenters. The Hall–Kier alpha value is -1.59. The van der Waals surface area contributed by atoms with Gasteiger partial charge in [0.05, 0.1) is 6.20 Å². The van der Waals surface area contributed by atoms with Crippen molar-refractivity contribution in [3.05, 3.63) is 34.4 Å². The highest BCUT2D eigenvalue weighted by Gasteiger charge is 2.03. The minimum absolute atomic E-state index is 0.388. The molecule has 0 fully saturated rings. The van der Waals surface area contributed by atoms with Gasteiger partial charge in [0, 0.05) is 22.3 Å². The van der Waals surface area contributed by atoms with Gasteiger partial charge in [-0.2, -0.15) is 10.1 Å². The maximum atomic E-state index is 5.92. The maximum absolute atomic E-state index is 5.92. The number of anilines is 3. The number of hydrogen-bond donors (Lipinski definition) is 2. The normalized spacial score (nSPS) is 10.3. The third-order valence-corrected chi connectivity index (χ3v) is 2.67. The molecule has 2 N–H and O–H groups in total. The first kappa shape index (κ1) is 13.8. The van der Waals surface area contributed by atoms with Gasteiger partial charge < -0.3 is 10.6 Å².